The third-order valence-electron chi connectivity index (χ3n) is 9.76. The van der Waals surface area contributed by atoms with E-state index < -0.39 is 110 Å². The van der Waals surface area contributed by atoms with E-state index in [1.807, 2.05) is 0 Å². The molecule has 2 aliphatic heterocycles. The highest BCUT2D eigenvalue weighted by atomic mass is 16.7. The van der Waals surface area contributed by atoms with Crippen LogP contribution in [0.5, 0.6) is 40.2 Å². The number of fused-ring (bicyclic) bond motifs is 1. The number of phenols is 3. The number of methoxy groups -OCH3 is 2. The molecule has 22 nitrogen and oxygen atoms in total. The number of carbonyl (C=O) groups excluding carboxylic acids is 2. The standard InChI is InChI=1S/C41H42O22/c1-55-24-9-18(10-25(56-2)32(24)48)39-26(61-41-38(54)36(52)33(49)27(63-41)15-57-30(46)8-5-17-3-6-19(42)7-4-17)13-21-22(59-39)11-20(43)12-23(21)60-40-37(53)35(51)34(50)28(62-40)16-58-31(47)14-29(44)45/h3-13,27-28,33-38,40-41,49-54H,14-16H2,1-2H3,(H3-,42,43,44,45,46,48)/p+1/t27-,28+,33-,34-,35-,36+,37+,38+,40+,41+/m0/s1. The number of benzene rings is 3. The van der Waals surface area contributed by atoms with Crippen molar-refractivity contribution in [3.8, 4) is 51.6 Å². The zero-order valence-electron chi connectivity index (χ0n) is 33.1. The van der Waals surface area contributed by atoms with Gasteiger partial charge >= 0.3 is 29.3 Å². The minimum absolute atomic E-state index is 0.0145. The molecular formula is C41H43O22+. The molecule has 338 valence electrons. The zero-order chi connectivity index (χ0) is 45.7. The van der Waals surface area contributed by atoms with Crippen LogP contribution in [-0.4, -0.2) is 158 Å². The first-order valence-electron chi connectivity index (χ1n) is 18.8. The molecule has 0 saturated carbocycles. The Morgan fingerprint density at radius 1 is 0.667 bits per heavy atom. The number of hydrogen-bond acceptors (Lipinski definition) is 20. The summed E-state index contributed by atoms with van der Waals surface area (Å²) >= 11 is 0. The third kappa shape index (κ3) is 10.6. The van der Waals surface area contributed by atoms with Crippen molar-refractivity contribution in [2.45, 2.75) is 67.8 Å². The van der Waals surface area contributed by atoms with Gasteiger partial charge in [0, 0.05) is 30.3 Å². The largest absolute Gasteiger partial charge is 0.508 e. The van der Waals surface area contributed by atoms with Crippen molar-refractivity contribution in [2.24, 2.45) is 0 Å². The van der Waals surface area contributed by atoms with E-state index in [2.05, 4.69) is 0 Å². The van der Waals surface area contributed by atoms with Crippen molar-refractivity contribution >= 4 is 35.0 Å². The molecule has 0 bridgehead atoms. The molecule has 4 aromatic rings. The van der Waals surface area contributed by atoms with Gasteiger partial charge in [0.05, 0.1) is 25.8 Å². The molecule has 63 heavy (non-hydrogen) atoms. The van der Waals surface area contributed by atoms with Crippen molar-refractivity contribution < 1.29 is 108 Å². The van der Waals surface area contributed by atoms with E-state index in [4.69, 9.17) is 47.4 Å². The Hall–Kier alpha value is -6.50. The summed E-state index contributed by atoms with van der Waals surface area (Å²) < 4.78 is 50.3. The van der Waals surface area contributed by atoms with Crippen LogP contribution in [-0.2, 0) is 33.3 Å². The lowest BCUT2D eigenvalue weighted by atomic mass is 9.99. The number of aromatic hydroxyl groups is 3. The third-order valence-corrected chi connectivity index (χ3v) is 9.76. The van der Waals surface area contributed by atoms with Crippen LogP contribution >= 0.6 is 0 Å². The number of aliphatic hydroxyl groups excluding tert-OH is 6. The first-order valence-corrected chi connectivity index (χ1v) is 18.8. The van der Waals surface area contributed by atoms with Gasteiger partial charge in [0.2, 0.25) is 24.1 Å². The topological polar surface area (TPSA) is 339 Å². The maximum atomic E-state index is 12.6. The van der Waals surface area contributed by atoms with Gasteiger partial charge in [-0.1, -0.05) is 12.1 Å². The van der Waals surface area contributed by atoms with Gasteiger partial charge in [0.1, 0.15) is 91.1 Å². The van der Waals surface area contributed by atoms with E-state index >= 15 is 0 Å². The molecule has 2 fully saturated rings. The molecule has 0 aliphatic carbocycles. The number of carboxylic acids is 1. The summed E-state index contributed by atoms with van der Waals surface area (Å²) in [6, 6.07) is 11.9. The smallest absolute Gasteiger partial charge is 0.402 e. The minimum atomic E-state index is -1.97. The number of aliphatic hydroxyl groups is 6. The molecule has 0 amide bonds. The summed E-state index contributed by atoms with van der Waals surface area (Å²) in [4.78, 5) is 35.3. The molecular weight excluding hydrogens is 844 g/mol. The summed E-state index contributed by atoms with van der Waals surface area (Å²) in [6.07, 6.45) is -16.8. The summed E-state index contributed by atoms with van der Waals surface area (Å²) in [5.41, 5.74) is 0.480. The van der Waals surface area contributed by atoms with Gasteiger partial charge in [-0.2, -0.15) is 0 Å². The average molecular weight is 888 g/mol. The second-order valence-corrected chi connectivity index (χ2v) is 14.1. The lowest BCUT2D eigenvalue weighted by Crippen LogP contribution is -2.60. The molecule has 0 unspecified atom stereocenters. The highest BCUT2D eigenvalue weighted by molar-refractivity contribution is 5.90. The molecule has 10 atom stereocenters. The maximum absolute atomic E-state index is 12.6. The summed E-state index contributed by atoms with van der Waals surface area (Å²) in [5.74, 6) is -5.50. The molecule has 0 radical (unpaired) electrons. The van der Waals surface area contributed by atoms with E-state index in [1.165, 1.54) is 62.8 Å². The predicted octanol–water partition coefficient (Wildman–Crippen LogP) is 0.162. The second-order valence-electron chi connectivity index (χ2n) is 14.1. The van der Waals surface area contributed by atoms with Crippen molar-refractivity contribution in [3.05, 3.63) is 66.2 Å². The van der Waals surface area contributed by atoms with E-state index in [-0.39, 0.29) is 51.0 Å². The lowest BCUT2D eigenvalue weighted by molar-refractivity contribution is -0.278. The Morgan fingerprint density at radius 2 is 1.22 bits per heavy atom. The fourth-order valence-corrected chi connectivity index (χ4v) is 6.45. The van der Waals surface area contributed by atoms with Crippen LogP contribution in [0.2, 0.25) is 0 Å². The van der Waals surface area contributed by atoms with Crippen LogP contribution in [0.15, 0.2) is 65.1 Å². The van der Waals surface area contributed by atoms with E-state index in [0.29, 0.717) is 5.56 Å². The van der Waals surface area contributed by atoms with E-state index in [9.17, 15) is 60.3 Å². The fourth-order valence-electron chi connectivity index (χ4n) is 6.45. The lowest BCUT2D eigenvalue weighted by Gasteiger charge is -2.40. The molecule has 6 rings (SSSR count). The number of aliphatic carboxylic acids is 1. The Bertz CT molecular complexity index is 2290. The molecule has 3 heterocycles. The Morgan fingerprint density at radius 3 is 1.78 bits per heavy atom. The first-order chi connectivity index (χ1) is 30.0. The molecule has 2 saturated heterocycles. The van der Waals surface area contributed by atoms with Crippen LogP contribution in [0.4, 0.5) is 0 Å². The van der Waals surface area contributed by atoms with Crippen molar-refractivity contribution in [3.63, 3.8) is 0 Å². The number of carbonyl (C=O) groups is 3. The van der Waals surface area contributed by atoms with Crippen molar-refractivity contribution in [1.29, 1.82) is 0 Å². The van der Waals surface area contributed by atoms with Crippen LogP contribution in [0.1, 0.15) is 12.0 Å². The monoisotopic (exact) mass is 887 g/mol. The summed E-state index contributed by atoms with van der Waals surface area (Å²) in [5, 5.41) is 104. The van der Waals surface area contributed by atoms with E-state index in [0.717, 1.165) is 18.2 Å². The highest BCUT2D eigenvalue weighted by Gasteiger charge is 2.48. The van der Waals surface area contributed by atoms with Gasteiger partial charge in [-0.15, -0.1) is 0 Å². The maximum Gasteiger partial charge on any atom is 0.402 e. The number of ether oxygens (including phenoxy) is 8. The Balaban J connectivity index is 1.34. The fraction of sp³-hybridized carbons (Fsp3) is 0.366. The average Bonchev–Trinajstić information content (AvgIpc) is 3.25. The number of hydrogen-bond donors (Lipinski definition) is 10. The van der Waals surface area contributed by atoms with Gasteiger partial charge in [-0.05, 0) is 23.8 Å². The van der Waals surface area contributed by atoms with Gasteiger partial charge in [0.25, 0.3) is 0 Å². The Kier molecular flexibility index (Phi) is 14.4. The van der Waals surface area contributed by atoms with Crippen LogP contribution in [0.3, 0.4) is 0 Å². The predicted molar refractivity (Wildman–Crippen MR) is 208 cm³/mol. The number of carboxylic acid groups (broad SMARTS) is 1. The number of rotatable bonds is 15. The number of esters is 2. The van der Waals surface area contributed by atoms with Gasteiger partial charge in [-0.3, -0.25) is 9.59 Å². The normalized spacial score (nSPS) is 25.9. The second kappa shape index (κ2) is 19.7. The molecule has 0 spiro atoms. The highest BCUT2D eigenvalue weighted by Crippen LogP contribution is 2.46. The van der Waals surface area contributed by atoms with Crippen LogP contribution < -0.4 is 18.9 Å². The van der Waals surface area contributed by atoms with Crippen molar-refractivity contribution in [1.82, 2.24) is 0 Å². The van der Waals surface area contributed by atoms with Gasteiger partial charge in [-0.25, -0.2) is 9.21 Å². The molecule has 10 N–H and O–H groups in total. The van der Waals surface area contributed by atoms with E-state index in [1.54, 1.807) is 0 Å². The molecule has 1 aromatic heterocycles. The minimum Gasteiger partial charge on any atom is -0.508 e. The Labute approximate surface area is 355 Å². The van der Waals surface area contributed by atoms with Crippen LogP contribution in [0.25, 0.3) is 28.4 Å². The molecule has 3 aromatic carbocycles. The SMILES string of the molecule is COc1cc(-c2[o+]c3cc(O)cc(O[C@@H]4O[C@H](COC(=O)CC(=O)O)[C@H](O)[C@H](O)[C@H]4O)c3cc2O[C@@H]2O[C@@H](COC(=O)/C=C/c3ccc(O)cc3)[C@H](O)[C@@H](O)[C@H]2O)cc(OC)c1O. The quantitative estimate of drug-likeness (QED) is 0.0329. The molecule has 2 aliphatic rings. The van der Waals surface area contributed by atoms with Crippen LogP contribution in [0, 0.1) is 0 Å². The zero-order valence-corrected chi connectivity index (χ0v) is 33.1. The first kappa shape index (κ1) is 46.0. The molecule has 22 heteroatoms. The number of phenolic OH excluding ortho intramolecular Hbond substituents is 3. The summed E-state index contributed by atoms with van der Waals surface area (Å²) in [7, 11) is 2.51. The van der Waals surface area contributed by atoms with Gasteiger partial charge in [0.15, 0.2) is 11.5 Å². The van der Waals surface area contributed by atoms with Crippen molar-refractivity contribution in [2.75, 3.05) is 27.4 Å². The van der Waals surface area contributed by atoms with Gasteiger partial charge < -0.3 is 89.0 Å². The summed E-state index contributed by atoms with van der Waals surface area (Å²) in [6.45, 7) is -1.42.